The third-order valence-electron chi connectivity index (χ3n) is 3.17. The van der Waals surface area contributed by atoms with Crippen LogP contribution in [0.25, 0.3) is 0 Å². The van der Waals surface area contributed by atoms with Gasteiger partial charge in [-0.05, 0) is 30.7 Å². The van der Waals surface area contributed by atoms with E-state index in [0.717, 1.165) is 23.5 Å². The van der Waals surface area contributed by atoms with Crippen LogP contribution in [0.5, 0.6) is 0 Å². The van der Waals surface area contributed by atoms with Crippen LogP contribution in [0.1, 0.15) is 28.6 Å². The summed E-state index contributed by atoms with van der Waals surface area (Å²) in [5.41, 5.74) is 7.56. The van der Waals surface area contributed by atoms with E-state index in [0.29, 0.717) is 12.0 Å². The molecular formula is C14H16F3N3. The minimum absolute atomic E-state index is 0.443. The van der Waals surface area contributed by atoms with E-state index in [1.807, 2.05) is 13.0 Å². The van der Waals surface area contributed by atoms with Gasteiger partial charge in [-0.25, -0.2) is 0 Å². The van der Waals surface area contributed by atoms with Crippen LogP contribution in [-0.4, -0.2) is 9.78 Å². The van der Waals surface area contributed by atoms with Crippen LogP contribution in [0.3, 0.4) is 0 Å². The van der Waals surface area contributed by atoms with Crippen molar-refractivity contribution in [1.29, 1.82) is 0 Å². The zero-order chi connectivity index (χ0) is 14.9. The van der Waals surface area contributed by atoms with Gasteiger partial charge in [0.15, 0.2) is 0 Å². The van der Waals surface area contributed by atoms with E-state index in [9.17, 15) is 13.2 Å². The molecule has 1 unspecified atom stereocenters. The highest BCUT2D eigenvalue weighted by Crippen LogP contribution is 2.30. The molecule has 0 saturated heterocycles. The van der Waals surface area contributed by atoms with E-state index in [1.54, 1.807) is 17.8 Å². The largest absolute Gasteiger partial charge is 0.416 e. The first-order valence-electron chi connectivity index (χ1n) is 6.19. The Morgan fingerprint density at radius 3 is 2.55 bits per heavy atom. The summed E-state index contributed by atoms with van der Waals surface area (Å²) in [7, 11) is 1.79. The van der Waals surface area contributed by atoms with Crippen LogP contribution in [0, 0.1) is 6.92 Å². The monoisotopic (exact) mass is 283 g/mol. The van der Waals surface area contributed by atoms with E-state index < -0.39 is 17.8 Å². The van der Waals surface area contributed by atoms with Gasteiger partial charge in [-0.1, -0.05) is 12.1 Å². The fourth-order valence-corrected chi connectivity index (χ4v) is 2.14. The van der Waals surface area contributed by atoms with Gasteiger partial charge in [0.05, 0.1) is 11.3 Å². The topological polar surface area (TPSA) is 43.8 Å². The van der Waals surface area contributed by atoms with Crippen molar-refractivity contribution in [3.05, 3.63) is 52.8 Å². The predicted octanol–water partition coefficient (Wildman–Crippen LogP) is 2.99. The second-order valence-corrected chi connectivity index (χ2v) is 4.83. The van der Waals surface area contributed by atoms with Crippen LogP contribution in [-0.2, 0) is 19.6 Å². The summed E-state index contributed by atoms with van der Waals surface area (Å²) in [6, 6.07) is 6.54. The summed E-state index contributed by atoms with van der Waals surface area (Å²) >= 11 is 0. The maximum atomic E-state index is 12.7. The summed E-state index contributed by atoms with van der Waals surface area (Å²) in [6.45, 7) is 1.86. The van der Waals surface area contributed by atoms with Gasteiger partial charge in [0.1, 0.15) is 0 Å². The van der Waals surface area contributed by atoms with Gasteiger partial charge in [-0.15, -0.1) is 0 Å². The lowest BCUT2D eigenvalue weighted by Gasteiger charge is -2.14. The van der Waals surface area contributed by atoms with Gasteiger partial charge in [-0.3, -0.25) is 4.68 Å². The van der Waals surface area contributed by atoms with Crippen molar-refractivity contribution in [3.8, 4) is 0 Å². The van der Waals surface area contributed by atoms with Crippen molar-refractivity contribution in [2.45, 2.75) is 25.6 Å². The third-order valence-corrected chi connectivity index (χ3v) is 3.17. The van der Waals surface area contributed by atoms with Gasteiger partial charge in [-0.2, -0.15) is 18.3 Å². The fraction of sp³-hybridized carbons (Fsp3) is 0.357. The highest BCUT2D eigenvalue weighted by atomic mass is 19.4. The minimum Gasteiger partial charge on any atom is -0.324 e. The number of aryl methyl sites for hydroxylation is 2. The van der Waals surface area contributed by atoms with Gasteiger partial charge in [0.25, 0.3) is 0 Å². The van der Waals surface area contributed by atoms with Gasteiger partial charge >= 0.3 is 6.18 Å². The molecule has 2 aromatic rings. The molecule has 0 radical (unpaired) electrons. The third kappa shape index (κ3) is 3.19. The lowest BCUT2D eigenvalue weighted by atomic mass is 10.0. The first kappa shape index (κ1) is 14.6. The number of hydrogen-bond donors (Lipinski definition) is 1. The Morgan fingerprint density at radius 1 is 1.30 bits per heavy atom. The molecule has 1 aromatic heterocycles. The standard InChI is InChI=1S/C14H16F3N3/c1-9-6-12(20(2)19-9)8-13(18)10-4-3-5-11(7-10)14(15,16)17/h3-7,13H,8,18H2,1-2H3. The van der Waals surface area contributed by atoms with Crippen molar-refractivity contribution in [2.24, 2.45) is 12.8 Å². The Hall–Kier alpha value is -1.82. The molecule has 0 saturated carbocycles. The molecule has 2 N–H and O–H groups in total. The number of benzene rings is 1. The second kappa shape index (κ2) is 5.28. The molecule has 3 nitrogen and oxygen atoms in total. The fourth-order valence-electron chi connectivity index (χ4n) is 2.14. The number of nitrogens with zero attached hydrogens (tertiary/aromatic N) is 2. The summed E-state index contributed by atoms with van der Waals surface area (Å²) in [4.78, 5) is 0. The second-order valence-electron chi connectivity index (χ2n) is 4.83. The Kier molecular flexibility index (Phi) is 3.85. The molecule has 0 aliphatic rings. The van der Waals surface area contributed by atoms with Crippen LogP contribution in [0.15, 0.2) is 30.3 Å². The normalized spacial score (nSPS) is 13.5. The van der Waals surface area contributed by atoms with Gasteiger partial charge in [0.2, 0.25) is 0 Å². The van der Waals surface area contributed by atoms with Crippen LogP contribution >= 0.6 is 0 Å². The molecular weight excluding hydrogens is 267 g/mol. The maximum absolute atomic E-state index is 12.7. The molecule has 1 aromatic carbocycles. The van der Waals surface area contributed by atoms with Gasteiger partial charge < -0.3 is 5.73 Å². The molecule has 0 amide bonds. The molecule has 6 heteroatoms. The molecule has 0 spiro atoms. The molecule has 2 rings (SSSR count). The lowest BCUT2D eigenvalue weighted by Crippen LogP contribution is -2.16. The van der Waals surface area contributed by atoms with Crippen molar-refractivity contribution in [1.82, 2.24) is 9.78 Å². The van der Waals surface area contributed by atoms with Crippen molar-refractivity contribution >= 4 is 0 Å². The Balaban J connectivity index is 2.21. The molecule has 0 fully saturated rings. The molecule has 0 aliphatic heterocycles. The van der Waals surface area contributed by atoms with Gasteiger partial charge in [0, 0.05) is 25.2 Å². The van der Waals surface area contributed by atoms with Crippen LogP contribution in [0.2, 0.25) is 0 Å². The number of aromatic nitrogens is 2. The van der Waals surface area contributed by atoms with E-state index in [2.05, 4.69) is 5.10 Å². The van der Waals surface area contributed by atoms with Crippen molar-refractivity contribution in [3.63, 3.8) is 0 Å². The van der Waals surface area contributed by atoms with E-state index in [-0.39, 0.29) is 0 Å². The number of halogens is 3. The molecule has 0 bridgehead atoms. The van der Waals surface area contributed by atoms with E-state index in [4.69, 9.17) is 5.73 Å². The van der Waals surface area contributed by atoms with Crippen LogP contribution in [0.4, 0.5) is 13.2 Å². The Bertz CT molecular complexity index is 602. The minimum atomic E-state index is -4.35. The van der Waals surface area contributed by atoms with Crippen molar-refractivity contribution in [2.75, 3.05) is 0 Å². The SMILES string of the molecule is Cc1cc(CC(N)c2cccc(C(F)(F)F)c2)n(C)n1. The van der Waals surface area contributed by atoms with E-state index >= 15 is 0 Å². The number of rotatable bonds is 3. The lowest BCUT2D eigenvalue weighted by molar-refractivity contribution is -0.137. The predicted molar refractivity (Wildman–Crippen MR) is 70.0 cm³/mol. The average molecular weight is 283 g/mol. The number of hydrogen-bond acceptors (Lipinski definition) is 2. The zero-order valence-corrected chi connectivity index (χ0v) is 11.3. The van der Waals surface area contributed by atoms with Crippen LogP contribution < -0.4 is 5.73 Å². The zero-order valence-electron chi connectivity index (χ0n) is 11.3. The number of alkyl halides is 3. The van der Waals surface area contributed by atoms with Crippen molar-refractivity contribution < 1.29 is 13.2 Å². The highest BCUT2D eigenvalue weighted by molar-refractivity contribution is 5.28. The smallest absolute Gasteiger partial charge is 0.324 e. The summed E-state index contributed by atoms with van der Waals surface area (Å²) in [5.74, 6) is 0. The molecule has 1 heterocycles. The Morgan fingerprint density at radius 2 is 2.00 bits per heavy atom. The quantitative estimate of drug-likeness (QED) is 0.941. The summed E-state index contributed by atoms with van der Waals surface area (Å²) in [6.07, 6.45) is -3.91. The first-order valence-corrected chi connectivity index (χ1v) is 6.19. The summed E-state index contributed by atoms with van der Waals surface area (Å²) in [5, 5.41) is 4.20. The maximum Gasteiger partial charge on any atom is 0.416 e. The highest BCUT2D eigenvalue weighted by Gasteiger charge is 2.30. The average Bonchev–Trinajstić information content (AvgIpc) is 2.67. The Labute approximate surface area is 115 Å². The molecule has 0 aliphatic carbocycles. The first-order chi connectivity index (χ1) is 9.27. The van der Waals surface area contributed by atoms with E-state index in [1.165, 1.54) is 6.07 Å². The summed E-state index contributed by atoms with van der Waals surface area (Å²) < 4.78 is 39.7. The molecule has 108 valence electrons. The number of nitrogens with two attached hydrogens (primary N) is 1. The molecule has 20 heavy (non-hydrogen) atoms. The molecule has 1 atom stereocenters.